The molecule has 1 heterocycles. The average Bonchev–Trinajstić information content (AvgIpc) is 2.92. The van der Waals surface area contributed by atoms with Crippen LogP contribution in [0.25, 0.3) is 0 Å². The van der Waals surface area contributed by atoms with Crippen LogP contribution in [0.1, 0.15) is 33.2 Å². The third-order valence-corrected chi connectivity index (χ3v) is 4.10. The fraction of sp³-hybridized carbons (Fsp3) is 0.158. The van der Waals surface area contributed by atoms with E-state index in [1.54, 1.807) is 55.6 Å². The van der Waals surface area contributed by atoms with E-state index in [0.717, 1.165) is 10.5 Å². The molecule has 0 radical (unpaired) electrons. The van der Waals surface area contributed by atoms with Crippen LogP contribution in [0.3, 0.4) is 0 Å². The summed E-state index contributed by atoms with van der Waals surface area (Å²) < 4.78 is 5.06. The van der Waals surface area contributed by atoms with E-state index in [1.807, 2.05) is 0 Å². The van der Waals surface area contributed by atoms with Crippen LogP contribution in [0.15, 0.2) is 53.6 Å². The quantitative estimate of drug-likeness (QED) is 0.506. The first-order valence-corrected chi connectivity index (χ1v) is 7.97. The van der Waals surface area contributed by atoms with Crippen molar-refractivity contribution in [2.24, 2.45) is 5.10 Å². The molecule has 1 aliphatic heterocycles. The minimum absolute atomic E-state index is 0.305. The van der Waals surface area contributed by atoms with Gasteiger partial charge in [-0.05, 0) is 48.9 Å². The van der Waals surface area contributed by atoms with E-state index in [2.05, 4.69) is 10.5 Å². The molecule has 1 aliphatic rings. The molecular formula is C19H17N3O4. The van der Waals surface area contributed by atoms with E-state index in [1.165, 1.54) is 13.1 Å². The molecular weight excluding hydrogens is 334 g/mol. The molecule has 0 saturated carbocycles. The van der Waals surface area contributed by atoms with Gasteiger partial charge in [-0.3, -0.25) is 19.3 Å². The summed E-state index contributed by atoms with van der Waals surface area (Å²) in [6, 6.07) is 12.6. The monoisotopic (exact) mass is 351 g/mol. The number of hydrogen-bond donors (Lipinski definition) is 1. The van der Waals surface area contributed by atoms with Crippen LogP contribution in [0, 0.1) is 0 Å². The molecule has 0 aromatic heterocycles. The second kappa shape index (κ2) is 7.18. The number of nitrogens with zero attached hydrogens (tertiary/aromatic N) is 2. The normalized spacial score (nSPS) is 14.5. The predicted molar refractivity (Wildman–Crippen MR) is 95.1 cm³/mol. The SMILES string of the molecule is COc1ccc(/C=N\NC(=O)[C@H](C)N2C(=O)c3ccccc3C2=O)cc1. The zero-order valence-corrected chi connectivity index (χ0v) is 14.3. The predicted octanol–water partition coefficient (Wildman–Crippen LogP) is 1.83. The Kier molecular flexibility index (Phi) is 4.79. The molecule has 0 aliphatic carbocycles. The van der Waals surface area contributed by atoms with Crippen molar-refractivity contribution in [1.82, 2.24) is 10.3 Å². The van der Waals surface area contributed by atoms with Crippen LogP contribution in [0.5, 0.6) is 5.75 Å². The Morgan fingerprint density at radius 1 is 1.08 bits per heavy atom. The van der Waals surface area contributed by atoms with Gasteiger partial charge >= 0.3 is 0 Å². The molecule has 0 unspecified atom stereocenters. The van der Waals surface area contributed by atoms with E-state index in [9.17, 15) is 14.4 Å². The number of hydrogen-bond acceptors (Lipinski definition) is 5. The summed E-state index contributed by atoms with van der Waals surface area (Å²) in [4.78, 5) is 38.0. The van der Waals surface area contributed by atoms with Gasteiger partial charge in [0.25, 0.3) is 17.7 Å². The van der Waals surface area contributed by atoms with Crippen LogP contribution in [-0.4, -0.2) is 42.0 Å². The molecule has 0 bridgehead atoms. The van der Waals surface area contributed by atoms with Gasteiger partial charge in [0.15, 0.2) is 0 Å². The minimum atomic E-state index is -0.976. The molecule has 7 nitrogen and oxygen atoms in total. The largest absolute Gasteiger partial charge is 0.497 e. The number of hydrazone groups is 1. The first kappa shape index (κ1) is 17.3. The van der Waals surface area contributed by atoms with Crippen molar-refractivity contribution in [2.45, 2.75) is 13.0 Å². The molecule has 0 fully saturated rings. The summed E-state index contributed by atoms with van der Waals surface area (Å²) >= 11 is 0. The summed E-state index contributed by atoms with van der Waals surface area (Å²) in [5.74, 6) is -0.797. The van der Waals surface area contributed by atoms with Crippen LogP contribution in [0.2, 0.25) is 0 Å². The molecule has 0 spiro atoms. The second-order valence-corrected chi connectivity index (χ2v) is 5.71. The molecule has 2 aromatic carbocycles. The van der Waals surface area contributed by atoms with E-state index in [0.29, 0.717) is 16.9 Å². The summed E-state index contributed by atoms with van der Waals surface area (Å²) in [5, 5.41) is 3.87. The number of ether oxygens (including phenoxy) is 1. The average molecular weight is 351 g/mol. The van der Waals surface area contributed by atoms with Crippen LogP contribution < -0.4 is 10.2 Å². The Morgan fingerprint density at radius 2 is 1.65 bits per heavy atom. The van der Waals surface area contributed by atoms with Crippen molar-refractivity contribution in [3.8, 4) is 5.75 Å². The van der Waals surface area contributed by atoms with Crippen LogP contribution in [-0.2, 0) is 4.79 Å². The van der Waals surface area contributed by atoms with Crippen molar-refractivity contribution in [2.75, 3.05) is 7.11 Å². The van der Waals surface area contributed by atoms with E-state index >= 15 is 0 Å². The van der Waals surface area contributed by atoms with Crippen molar-refractivity contribution < 1.29 is 19.1 Å². The Hall–Kier alpha value is -3.48. The number of carbonyl (C=O) groups excluding carboxylic acids is 3. The van der Waals surface area contributed by atoms with Crippen molar-refractivity contribution >= 4 is 23.9 Å². The van der Waals surface area contributed by atoms with E-state index in [-0.39, 0.29) is 0 Å². The van der Waals surface area contributed by atoms with Gasteiger partial charge < -0.3 is 4.74 Å². The molecule has 2 aromatic rings. The number of rotatable bonds is 5. The number of amides is 3. The van der Waals surface area contributed by atoms with Gasteiger partial charge in [-0.15, -0.1) is 0 Å². The zero-order valence-electron chi connectivity index (χ0n) is 14.3. The first-order valence-electron chi connectivity index (χ1n) is 7.97. The lowest BCUT2D eigenvalue weighted by atomic mass is 10.1. The van der Waals surface area contributed by atoms with Crippen LogP contribution >= 0.6 is 0 Å². The maximum atomic E-state index is 12.4. The van der Waals surface area contributed by atoms with Gasteiger partial charge in [0.1, 0.15) is 11.8 Å². The summed E-state index contributed by atoms with van der Waals surface area (Å²) in [6.45, 7) is 1.49. The lowest BCUT2D eigenvalue weighted by molar-refractivity contribution is -0.124. The lowest BCUT2D eigenvalue weighted by Gasteiger charge is -2.20. The molecule has 3 amide bonds. The first-order chi connectivity index (χ1) is 12.5. The Balaban J connectivity index is 1.66. The highest BCUT2D eigenvalue weighted by Gasteiger charge is 2.40. The number of imide groups is 1. The highest BCUT2D eigenvalue weighted by molar-refractivity contribution is 6.22. The molecule has 0 saturated heterocycles. The van der Waals surface area contributed by atoms with Gasteiger partial charge in [-0.2, -0.15) is 5.10 Å². The summed E-state index contributed by atoms with van der Waals surface area (Å²) in [5.41, 5.74) is 3.73. The zero-order chi connectivity index (χ0) is 18.7. The maximum Gasteiger partial charge on any atom is 0.263 e. The number of benzene rings is 2. The summed E-state index contributed by atoms with van der Waals surface area (Å²) in [7, 11) is 1.57. The summed E-state index contributed by atoms with van der Waals surface area (Å²) in [6.07, 6.45) is 1.46. The van der Waals surface area contributed by atoms with Gasteiger partial charge in [-0.1, -0.05) is 12.1 Å². The maximum absolute atomic E-state index is 12.4. The number of nitrogens with one attached hydrogen (secondary N) is 1. The second-order valence-electron chi connectivity index (χ2n) is 5.71. The minimum Gasteiger partial charge on any atom is -0.497 e. The molecule has 132 valence electrons. The standard InChI is InChI=1S/C19H17N3O4/c1-12(22-18(24)15-5-3-4-6-16(15)19(22)25)17(23)21-20-11-13-7-9-14(26-2)10-8-13/h3-12H,1-2H3,(H,21,23)/b20-11-/t12-/m0/s1. The van der Waals surface area contributed by atoms with Gasteiger partial charge in [0, 0.05) is 0 Å². The lowest BCUT2D eigenvalue weighted by Crippen LogP contribution is -2.46. The van der Waals surface area contributed by atoms with E-state index < -0.39 is 23.8 Å². The smallest absolute Gasteiger partial charge is 0.263 e. The van der Waals surface area contributed by atoms with Crippen molar-refractivity contribution in [3.05, 3.63) is 65.2 Å². The van der Waals surface area contributed by atoms with Crippen molar-refractivity contribution in [3.63, 3.8) is 0 Å². The molecule has 1 atom stereocenters. The number of carbonyl (C=O) groups is 3. The third kappa shape index (κ3) is 3.19. The fourth-order valence-electron chi connectivity index (χ4n) is 2.63. The molecule has 3 rings (SSSR count). The Bertz CT molecular complexity index is 855. The topological polar surface area (TPSA) is 88.1 Å². The molecule has 1 N–H and O–H groups in total. The van der Waals surface area contributed by atoms with E-state index in [4.69, 9.17) is 4.74 Å². The molecule has 7 heteroatoms. The highest BCUT2D eigenvalue weighted by Crippen LogP contribution is 2.24. The van der Waals surface area contributed by atoms with Gasteiger partial charge in [0.2, 0.25) is 0 Å². The Morgan fingerprint density at radius 3 is 2.19 bits per heavy atom. The molecule has 26 heavy (non-hydrogen) atoms. The highest BCUT2D eigenvalue weighted by atomic mass is 16.5. The number of methoxy groups -OCH3 is 1. The van der Waals surface area contributed by atoms with Crippen LogP contribution in [0.4, 0.5) is 0 Å². The van der Waals surface area contributed by atoms with Gasteiger partial charge in [0.05, 0.1) is 24.5 Å². The Labute approximate surface area is 150 Å². The van der Waals surface area contributed by atoms with Gasteiger partial charge in [-0.25, -0.2) is 5.43 Å². The fourth-order valence-corrected chi connectivity index (χ4v) is 2.63. The van der Waals surface area contributed by atoms with Crippen molar-refractivity contribution in [1.29, 1.82) is 0 Å². The third-order valence-electron chi connectivity index (χ3n) is 4.10. The number of fused-ring (bicyclic) bond motifs is 1.